The highest BCUT2D eigenvalue weighted by atomic mass is 79.9. The molecule has 0 aromatic carbocycles. The van der Waals surface area contributed by atoms with E-state index in [0.717, 1.165) is 18.2 Å². The summed E-state index contributed by atoms with van der Waals surface area (Å²) in [6, 6.07) is 0.322. The van der Waals surface area contributed by atoms with Crippen LogP contribution < -0.4 is 0 Å². The number of rotatable bonds is 3. The minimum atomic E-state index is 0.317. The van der Waals surface area contributed by atoms with E-state index in [2.05, 4.69) is 22.9 Å². The summed E-state index contributed by atoms with van der Waals surface area (Å²) in [6.45, 7) is 2.05. The van der Waals surface area contributed by atoms with Gasteiger partial charge in [0.05, 0.1) is 0 Å². The van der Waals surface area contributed by atoms with Gasteiger partial charge in [-0.05, 0) is 19.8 Å². The third-order valence-electron chi connectivity index (χ3n) is 2.16. The summed E-state index contributed by atoms with van der Waals surface area (Å²) in [5.74, 6) is 0.665. The van der Waals surface area contributed by atoms with E-state index in [4.69, 9.17) is 0 Å². The Morgan fingerprint density at radius 3 is 2.64 bits per heavy atom. The lowest BCUT2D eigenvalue weighted by atomic mass is 10.3. The van der Waals surface area contributed by atoms with Gasteiger partial charge in [0, 0.05) is 24.3 Å². The van der Waals surface area contributed by atoms with Crippen molar-refractivity contribution in [2.45, 2.75) is 25.8 Å². The summed E-state index contributed by atoms with van der Waals surface area (Å²) in [4.78, 5) is 13.3. The van der Waals surface area contributed by atoms with Crippen LogP contribution in [-0.4, -0.2) is 29.2 Å². The van der Waals surface area contributed by atoms with Crippen LogP contribution >= 0.6 is 15.9 Å². The maximum Gasteiger partial charge on any atom is 0.225 e. The number of hydrogen-bond acceptors (Lipinski definition) is 1. The highest BCUT2D eigenvalue weighted by molar-refractivity contribution is 9.09. The van der Waals surface area contributed by atoms with Gasteiger partial charge in [-0.1, -0.05) is 15.9 Å². The van der Waals surface area contributed by atoms with Crippen molar-refractivity contribution < 1.29 is 4.79 Å². The van der Waals surface area contributed by atoms with E-state index in [-0.39, 0.29) is 0 Å². The molecule has 0 aliphatic heterocycles. The quantitative estimate of drug-likeness (QED) is 0.662. The molecule has 1 amide bonds. The van der Waals surface area contributed by atoms with Gasteiger partial charge in [0.15, 0.2) is 0 Å². The third-order valence-corrected chi connectivity index (χ3v) is 3.10. The highest BCUT2D eigenvalue weighted by Gasteiger charge is 2.33. The number of nitrogens with zero attached hydrogens (tertiary/aromatic N) is 1. The van der Waals surface area contributed by atoms with Crippen LogP contribution in [0.15, 0.2) is 0 Å². The van der Waals surface area contributed by atoms with Gasteiger partial charge >= 0.3 is 0 Å². The van der Waals surface area contributed by atoms with Crippen molar-refractivity contribution in [1.82, 2.24) is 4.90 Å². The van der Waals surface area contributed by atoms with Crippen LogP contribution in [0.4, 0.5) is 0 Å². The average Bonchev–Trinajstić information content (AvgIpc) is 2.82. The van der Waals surface area contributed by atoms with Crippen LogP contribution in [0.1, 0.15) is 19.8 Å². The molecule has 64 valence electrons. The molecule has 0 heterocycles. The predicted molar refractivity (Wildman–Crippen MR) is 48.8 cm³/mol. The number of halogens is 1. The Hall–Kier alpha value is -0.0500. The lowest BCUT2D eigenvalue weighted by molar-refractivity contribution is -0.132. The molecular weight excluding hydrogens is 206 g/mol. The van der Waals surface area contributed by atoms with Crippen molar-refractivity contribution in [1.29, 1.82) is 0 Å². The summed E-state index contributed by atoms with van der Waals surface area (Å²) in [5.41, 5.74) is 0. The zero-order chi connectivity index (χ0) is 8.43. The second kappa shape index (κ2) is 3.57. The maximum atomic E-state index is 11.4. The number of carbonyl (C=O) groups is 1. The molecule has 1 aliphatic carbocycles. The Morgan fingerprint density at radius 2 is 2.27 bits per heavy atom. The van der Waals surface area contributed by atoms with Crippen molar-refractivity contribution in [3.05, 3.63) is 0 Å². The van der Waals surface area contributed by atoms with Crippen LogP contribution in [0.2, 0.25) is 0 Å². The fourth-order valence-electron chi connectivity index (χ4n) is 0.939. The third kappa shape index (κ3) is 2.19. The Bertz CT molecular complexity index is 156. The maximum absolute atomic E-state index is 11.4. The lowest BCUT2D eigenvalue weighted by Gasteiger charge is -2.22. The van der Waals surface area contributed by atoms with E-state index in [1.807, 2.05) is 11.9 Å². The first-order chi connectivity index (χ1) is 5.16. The van der Waals surface area contributed by atoms with Crippen LogP contribution in [0.3, 0.4) is 0 Å². The summed E-state index contributed by atoms with van der Waals surface area (Å²) < 4.78 is 0. The van der Waals surface area contributed by atoms with E-state index in [9.17, 15) is 4.79 Å². The van der Waals surface area contributed by atoms with Crippen LogP contribution in [0.25, 0.3) is 0 Å². The SMILES string of the molecule is CC(CBr)N(C)C(=O)C1CC1. The topological polar surface area (TPSA) is 20.3 Å². The highest BCUT2D eigenvalue weighted by Crippen LogP contribution is 2.31. The second-order valence-corrected chi connectivity index (χ2v) is 3.87. The van der Waals surface area contributed by atoms with Crippen LogP contribution in [-0.2, 0) is 4.79 Å². The van der Waals surface area contributed by atoms with Crippen molar-refractivity contribution >= 4 is 21.8 Å². The molecule has 0 N–H and O–H groups in total. The number of hydrogen-bond donors (Lipinski definition) is 0. The number of carbonyl (C=O) groups excluding carboxylic acids is 1. The number of alkyl halides is 1. The molecule has 1 rings (SSSR count). The molecule has 1 unspecified atom stereocenters. The molecule has 0 radical (unpaired) electrons. The lowest BCUT2D eigenvalue weighted by Crippen LogP contribution is -2.36. The summed E-state index contributed by atoms with van der Waals surface area (Å²) in [7, 11) is 1.88. The molecule has 0 aromatic rings. The summed E-state index contributed by atoms with van der Waals surface area (Å²) in [5, 5.41) is 0.863. The Morgan fingerprint density at radius 1 is 1.73 bits per heavy atom. The summed E-state index contributed by atoms with van der Waals surface area (Å²) in [6.07, 6.45) is 2.19. The molecule has 0 bridgehead atoms. The van der Waals surface area contributed by atoms with Gasteiger partial charge in [-0.2, -0.15) is 0 Å². The molecule has 2 nitrogen and oxygen atoms in total. The van der Waals surface area contributed by atoms with Gasteiger partial charge in [-0.3, -0.25) is 4.79 Å². The predicted octanol–water partition coefficient (Wildman–Crippen LogP) is 1.64. The van der Waals surface area contributed by atoms with E-state index in [0.29, 0.717) is 17.9 Å². The normalized spacial score (nSPS) is 19.5. The molecule has 1 fully saturated rings. The molecule has 0 aromatic heterocycles. The standard InChI is InChI=1S/C8H14BrNO/c1-6(5-9)10(2)8(11)7-3-4-7/h6-7H,3-5H2,1-2H3. The molecule has 1 atom stereocenters. The zero-order valence-corrected chi connectivity index (χ0v) is 8.60. The van der Waals surface area contributed by atoms with Crippen molar-refractivity contribution in [2.24, 2.45) is 5.92 Å². The average molecular weight is 220 g/mol. The molecule has 1 aliphatic rings. The molecule has 3 heteroatoms. The minimum absolute atomic E-state index is 0.317. The van der Waals surface area contributed by atoms with Gasteiger partial charge in [-0.15, -0.1) is 0 Å². The van der Waals surface area contributed by atoms with Gasteiger partial charge in [-0.25, -0.2) is 0 Å². The first-order valence-electron chi connectivity index (χ1n) is 3.99. The monoisotopic (exact) mass is 219 g/mol. The number of amides is 1. The molecular formula is C8H14BrNO. The summed E-state index contributed by atoms with van der Waals surface area (Å²) >= 11 is 3.36. The van der Waals surface area contributed by atoms with E-state index in [1.54, 1.807) is 0 Å². The Balaban J connectivity index is 2.38. The molecule has 0 spiro atoms. The van der Waals surface area contributed by atoms with Gasteiger partial charge in [0.1, 0.15) is 0 Å². The van der Waals surface area contributed by atoms with Crippen LogP contribution in [0, 0.1) is 5.92 Å². The smallest absolute Gasteiger partial charge is 0.225 e. The Labute approximate surface area is 76.1 Å². The van der Waals surface area contributed by atoms with Crippen LogP contribution in [0.5, 0.6) is 0 Å². The van der Waals surface area contributed by atoms with Gasteiger partial charge in [0.2, 0.25) is 5.91 Å². The fraction of sp³-hybridized carbons (Fsp3) is 0.875. The van der Waals surface area contributed by atoms with E-state index in [1.165, 1.54) is 0 Å². The Kier molecular flexibility index (Phi) is 2.93. The first kappa shape index (κ1) is 9.04. The van der Waals surface area contributed by atoms with Crippen molar-refractivity contribution in [2.75, 3.05) is 12.4 Å². The van der Waals surface area contributed by atoms with Gasteiger partial charge < -0.3 is 4.90 Å². The largest absolute Gasteiger partial charge is 0.342 e. The minimum Gasteiger partial charge on any atom is -0.342 e. The first-order valence-corrected chi connectivity index (χ1v) is 5.11. The molecule has 1 saturated carbocycles. The molecule has 0 saturated heterocycles. The molecule has 11 heavy (non-hydrogen) atoms. The van der Waals surface area contributed by atoms with Crippen molar-refractivity contribution in [3.63, 3.8) is 0 Å². The van der Waals surface area contributed by atoms with E-state index >= 15 is 0 Å². The zero-order valence-electron chi connectivity index (χ0n) is 7.01. The van der Waals surface area contributed by atoms with E-state index < -0.39 is 0 Å². The second-order valence-electron chi connectivity index (χ2n) is 3.23. The van der Waals surface area contributed by atoms with Crippen molar-refractivity contribution in [3.8, 4) is 0 Å². The fourth-order valence-corrected chi connectivity index (χ4v) is 1.37. The van der Waals surface area contributed by atoms with Gasteiger partial charge in [0.25, 0.3) is 0 Å².